The van der Waals surface area contributed by atoms with E-state index in [-0.39, 0.29) is 23.1 Å². The molecule has 0 aromatic heterocycles. The maximum absolute atomic E-state index is 13.1. The Labute approximate surface area is 248 Å². The average molecular weight is 563 g/mol. The molecule has 216 valence electrons. The highest BCUT2D eigenvalue weighted by Gasteiger charge is 2.22. The van der Waals surface area contributed by atoms with E-state index < -0.39 is 6.61 Å². The molecule has 42 heavy (non-hydrogen) atoms. The average Bonchev–Trinajstić information content (AvgIpc) is 3.00. The van der Waals surface area contributed by atoms with Gasteiger partial charge in [-0.05, 0) is 58.4 Å². The van der Waals surface area contributed by atoms with Crippen LogP contribution in [0.2, 0.25) is 0 Å². The molecule has 6 nitrogen and oxygen atoms in total. The Hall–Kier alpha value is -4.42. The van der Waals surface area contributed by atoms with Gasteiger partial charge < -0.3 is 20.1 Å². The van der Waals surface area contributed by atoms with Crippen molar-refractivity contribution in [3.63, 3.8) is 0 Å². The molecule has 2 N–H and O–H groups in total. The van der Waals surface area contributed by atoms with Crippen LogP contribution < -0.4 is 15.0 Å². The molecule has 6 heteroatoms. The van der Waals surface area contributed by atoms with Gasteiger partial charge in [0.25, 0.3) is 5.91 Å². The predicted molar refractivity (Wildman–Crippen MR) is 167 cm³/mol. The van der Waals surface area contributed by atoms with E-state index in [2.05, 4.69) is 67.4 Å². The third-order valence-corrected chi connectivity index (χ3v) is 7.82. The van der Waals surface area contributed by atoms with E-state index in [9.17, 15) is 14.7 Å². The van der Waals surface area contributed by atoms with Crippen molar-refractivity contribution >= 4 is 17.4 Å². The summed E-state index contributed by atoms with van der Waals surface area (Å²) >= 11 is 0. The van der Waals surface area contributed by atoms with Crippen molar-refractivity contribution in [1.29, 1.82) is 0 Å². The number of carbonyl (C=O) groups is 2. The van der Waals surface area contributed by atoms with Gasteiger partial charge in [0.1, 0.15) is 19.0 Å². The van der Waals surface area contributed by atoms with E-state index in [0.717, 1.165) is 34.5 Å². The number of fused-ring (bicyclic) bond motifs is 1. The Bertz CT molecular complexity index is 1570. The topological polar surface area (TPSA) is 78.9 Å². The number of rotatable bonds is 8. The van der Waals surface area contributed by atoms with Gasteiger partial charge in [-0.15, -0.1) is 0 Å². The molecule has 1 atom stereocenters. The first-order valence-corrected chi connectivity index (χ1v) is 14.4. The Morgan fingerprint density at radius 3 is 2.36 bits per heavy atom. The minimum atomic E-state index is -0.514. The van der Waals surface area contributed by atoms with Crippen LogP contribution in [0.4, 0.5) is 5.69 Å². The van der Waals surface area contributed by atoms with Gasteiger partial charge >= 0.3 is 0 Å². The number of anilines is 1. The quantitative estimate of drug-likeness (QED) is 0.233. The van der Waals surface area contributed by atoms with Crippen LogP contribution in [0.1, 0.15) is 71.1 Å². The van der Waals surface area contributed by atoms with E-state index >= 15 is 0 Å². The smallest absolute Gasteiger partial charge is 0.251 e. The fourth-order valence-corrected chi connectivity index (χ4v) is 5.29. The molecule has 1 amide bonds. The summed E-state index contributed by atoms with van der Waals surface area (Å²) in [6.45, 7) is 9.99. The maximum Gasteiger partial charge on any atom is 0.251 e. The van der Waals surface area contributed by atoms with Gasteiger partial charge in [0.2, 0.25) is 0 Å². The van der Waals surface area contributed by atoms with Gasteiger partial charge in [-0.25, -0.2) is 0 Å². The third kappa shape index (κ3) is 6.39. The van der Waals surface area contributed by atoms with Gasteiger partial charge in [-0.3, -0.25) is 9.59 Å². The molecular weight excluding hydrogens is 524 g/mol. The van der Waals surface area contributed by atoms with Crippen LogP contribution in [0.25, 0.3) is 11.1 Å². The van der Waals surface area contributed by atoms with Crippen molar-refractivity contribution < 1.29 is 19.4 Å². The second kappa shape index (κ2) is 12.2. The zero-order valence-corrected chi connectivity index (χ0v) is 24.7. The highest BCUT2D eigenvalue weighted by atomic mass is 16.5. The minimum absolute atomic E-state index is 0.0833. The molecule has 5 rings (SSSR count). The van der Waals surface area contributed by atoms with Gasteiger partial charge in [0.15, 0.2) is 5.78 Å². The fourth-order valence-electron chi connectivity index (χ4n) is 5.29. The van der Waals surface area contributed by atoms with Gasteiger partial charge in [0, 0.05) is 17.7 Å². The Morgan fingerprint density at radius 2 is 1.67 bits per heavy atom. The molecule has 1 aliphatic rings. The number of carbonyl (C=O) groups excluding carboxylic acids is 2. The monoisotopic (exact) mass is 562 g/mol. The molecule has 0 unspecified atom stereocenters. The van der Waals surface area contributed by atoms with Crippen molar-refractivity contribution in [2.45, 2.75) is 45.7 Å². The molecule has 0 spiro atoms. The summed E-state index contributed by atoms with van der Waals surface area (Å²) in [4.78, 5) is 27.6. The third-order valence-electron chi connectivity index (χ3n) is 7.82. The Balaban J connectivity index is 1.26. The summed E-state index contributed by atoms with van der Waals surface area (Å²) in [5, 5.41) is 12.5. The standard InChI is InChI=1S/C36H38N2O4/c1-24(26-13-16-29(17-14-26)36(2,3)4)37-35(41)28-15-18-32-34(21-28)42-20-19-38(32)22-25-9-11-27(12-10-25)30-7-5-6-8-31(30)33(40)23-39/h5-18,21,24,39H,19-20,22-23H2,1-4H3,(H,37,41)/t24-/m0/s1. The zero-order chi connectivity index (χ0) is 29.9. The lowest BCUT2D eigenvalue weighted by Crippen LogP contribution is -2.32. The van der Waals surface area contributed by atoms with Crippen LogP contribution in [0, 0.1) is 0 Å². The van der Waals surface area contributed by atoms with Gasteiger partial charge in [0.05, 0.1) is 18.3 Å². The van der Waals surface area contributed by atoms with Gasteiger partial charge in [-0.1, -0.05) is 93.6 Å². The summed E-state index contributed by atoms with van der Waals surface area (Å²) in [7, 11) is 0. The van der Waals surface area contributed by atoms with Crippen LogP contribution >= 0.6 is 0 Å². The van der Waals surface area contributed by atoms with E-state index in [4.69, 9.17) is 4.74 Å². The molecule has 0 radical (unpaired) electrons. The summed E-state index contributed by atoms with van der Waals surface area (Å²) < 4.78 is 5.97. The summed E-state index contributed by atoms with van der Waals surface area (Å²) in [5.74, 6) is 0.266. The number of aliphatic hydroxyl groups excluding tert-OH is 1. The number of hydrogen-bond acceptors (Lipinski definition) is 5. The summed E-state index contributed by atoms with van der Waals surface area (Å²) in [6.07, 6.45) is 0. The molecule has 0 bridgehead atoms. The maximum atomic E-state index is 13.1. The molecule has 0 fully saturated rings. The van der Waals surface area contributed by atoms with E-state index in [1.54, 1.807) is 12.1 Å². The molecule has 1 aliphatic heterocycles. The summed E-state index contributed by atoms with van der Waals surface area (Å²) in [5.41, 5.74) is 7.28. The SMILES string of the molecule is C[C@H](NC(=O)c1ccc2c(c1)OCCN2Cc1ccc(-c2ccccc2C(=O)CO)cc1)c1ccc(C(C)(C)C)cc1. The molecular formula is C36H38N2O4. The highest BCUT2D eigenvalue weighted by molar-refractivity contribution is 6.03. The number of benzene rings is 4. The number of amides is 1. The number of hydrogen-bond donors (Lipinski definition) is 2. The highest BCUT2D eigenvalue weighted by Crippen LogP contribution is 2.34. The lowest BCUT2D eigenvalue weighted by Gasteiger charge is -2.31. The van der Waals surface area contributed by atoms with Crippen molar-refractivity contribution in [2.75, 3.05) is 24.7 Å². The molecule has 1 heterocycles. The summed E-state index contributed by atoms with van der Waals surface area (Å²) in [6, 6.07) is 29.4. The van der Waals surface area contributed by atoms with E-state index in [1.165, 1.54) is 5.56 Å². The van der Waals surface area contributed by atoms with Crippen molar-refractivity contribution in [3.05, 3.63) is 119 Å². The number of nitrogens with one attached hydrogen (secondary N) is 1. The Kier molecular flexibility index (Phi) is 8.46. The van der Waals surface area contributed by atoms with Crippen LogP contribution in [0.15, 0.2) is 91.0 Å². The minimum Gasteiger partial charge on any atom is -0.490 e. The zero-order valence-electron chi connectivity index (χ0n) is 24.7. The molecule has 4 aromatic rings. The van der Waals surface area contributed by atoms with Crippen LogP contribution in [-0.4, -0.2) is 36.6 Å². The van der Waals surface area contributed by atoms with Crippen molar-refractivity contribution in [1.82, 2.24) is 5.32 Å². The number of ether oxygens (including phenoxy) is 1. The van der Waals surface area contributed by atoms with Crippen molar-refractivity contribution in [3.8, 4) is 16.9 Å². The molecule has 0 saturated carbocycles. The molecule has 0 saturated heterocycles. The Morgan fingerprint density at radius 1 is 0.952 bits per heavy atom. The van der Waals surface area contributed by atoms with Crippen molar-refractivity contribution in [2.24, 2.45) is 0 Å². The van der Waals surface area contributed by atoms with Crippen LogP contribution in [-0.2, 0) is 12.0 Å². The number of nitrogens with zero attached hydrogens (tertiary/aromatic N) is 1. The number of aliphatic hydroxyl groups is 1. The lowest BCUT2D eigenvalue weighted by atomic mass is 9.86. The first kappa shape index (κ1) is 29.1. The first-order chi connectivity index (χ1) is 20.1. The largest absolute Gasteiger partial charge is 0.490 e. The van der Waals surface area contributed by atoms with E-state index in [1.807, 2.05) is 49.4 Å². The molecule has 4 aromatic carbocycles. The normalized spacial score (nSPS) is 13.6. The van der Waals surface area contributed by atoms with Crippen LogP contribution in [0.5, 0.6) is 5.75 Å². The number of Topliss-reactive ketones (excluding diaryl/α,β-unsaturated/α-hetero) is 1. The second-order valence-electron chi connectivity index (χ2n) is 11.8. The van der Waals surface area contributed by atoms with E-state index in [0.29, 0.717) is 30.0 Å². The molecule has 0 aliphatic carbocycles. The number of ketones is 1. The fraction of sp³-hybridized carbons (Fsp3) is 0.278. The van der Waals surface area contributed by atoms with Crippen LogP contribution in [0.3, 0.4) is 0 Å². The van der Waals surface area contributed by atoms with Gasteiger partial charge in [-0.2, -0.15) is 0 Å². The lowest BCUT2D eigenvalue weighted by molar-refractivity contribution is 0.0903. The first-order valence-electron chi connectivity index (χ1n) is 14.4. The second-order valence-corrected chi connectivity index (χ2v) is 11.8. The predicted octanol–water partition coefficient (Wildman–Crippen LogP) is 6.72.